The van der Waals surface area contributed by atoms with Gasteiger partial charge in [-0.15, -0.1) is 0 Å². The van der Waals surface area contributed by atoms with Gasteiger partial charge in [-0.05, 0) is 17.7 Å². The topological polar surface area (TPSA) is 35.2 Å². The van der Waals surface area contributed by atoms with Crippen LogP contribution in [0.1, 0.15) is 18.0 Å². The van der Waals surface area contributed by atoms with Gasteiger partial charge in [0.25, 0.3) is 0 Å². The minimum Gasteiger partial charge on any atom is -0.497 e. The first kappa shape index (κ1) is 11.8. The largest absolute Gasteiger partial charge is 0.497 e. The fraction of sp³-hybridized carbons (Fsp3) is 0.400. The van der Waals surface area contributed by atoms with Crippen molar-refractivity contribution >= 4 is 0 Å². The third-order valence-corrected chi connectivity index (χ3v) is 2.00. The number of rotatable bonds is 3. The lowest BCUT2D eigenvalue weighted by atomic mass is 10.0. The minimum absolute atomic E-state index is 0.452. The Morgan fingerprint density at radius 3 is 2.20 bits per heavy atom. The highest BCUT2D eigenvalue weighted by Gasteiger charge is 2.30. The lowest BCUT2D eigenvalue weighted by Crippen LogP contribution is -2.20. The molecule has 2 N–H and O–H groups in total. The summed E-state index contributed by atoms with van der Waals surface area (Å²) in [4.78, 5) is 0. The molecule has 5 heteroatoms. The maximum atomic E-state index is 12.0. The molecule has 15 heavy (non-hydrogen) atoms. The van der Waals surface area contributed by atoms with Crippen molar-refractivity contribution in [1.29, 1.82) is 0 Å². The molecule has 0 radical (unpaired) electrons. The molecular weight excluding hydrogens is 207 g/mol. The van der Waals surface area contributed by atoms with Gasteiger partial charge in [0.2, 0.25) is 0 Å². The first-order valence-corrected chi connectivity index (χ1v) is 4.38. The maximum Gasteiger partial charge on any atom is 0.390 e. The summed E-state index contributed by atoms with van der Waals surface area (Å²) in [5.41, 5.74) is 5.86. The first-order chi connectivity index (χ1) is 6.92. The van der Waals surface area contributed by atoms with Crippen molar-refractivity contribution in [1.82, 2.24) is 0 Å². The summed E-state index contributed by atoms with van der Waals surface area (Å²) in [6.45, 7) is 0. The van der Waals surface area contributed by atoms with Crippen LogP contribution in [0.25, 0.3) is 0 Å². The van der Waals surface area contributed by atoms with Crippen LogP contribution in [0.3, 0.4) is 0 Å². The smallest absolute Gasteiger partial charge is 0.390 e. The Labute approximate surface area is 85.8 Å². The van der Waals surface area contributed by atoms with Gasteiger partial charge in [0.05, 0.1) is 13.5 Å². The van der Waals surface area contributed by atoms with E-state index in [1.807, 2.05) is 0 Å². The molecule has 0 unspecified atom stereocenters. The number of halogens is 3. The van der Waals surface area contributed by atoms with E-state index < -0.39 is 18.6 Å². The molecule has 0 aromatic heterocycles. The Bertz CT molecular complexity index is 307. The molecule has 1 rings (SSSR count). The zero-order valence-electron chi connectivity index (χ0n) is 8.21. The Balaban J connectivity index is 2.70. The Hall–Kier alpha value is -1.23. The van der Waals surface area contributed by atoms with Crippen molar-refractivity contribution in [2.24, 2.45) is 5.73 Å². The lowest BCUT2D eigenvalue weighted by molar-refractivity contribution is -0.138. The average Bonchev–Trinajstić information content (AvgIpc) is 2.15. The highest BCUT2D eigenvalue weighted by atomic mass is 19.4. The van der Waals surface area contributed by atoms with Crippen LogP contribution < -0.4 is 10.5 Å². The third kappa shape index (κ3) is 3.79. The van der Waals surface area contributed by atoms with Crippen LogP contribution in [-0.4, -0.2) is 13.3 Å². The Morgan fingerprint density at radius 2 is 1.80 bits per heavy atom. The van der Waals surface area contributed by atoms with Crippen molar-refractivity contribution < 1.29 is 17.9 Å². The molecule has 0 fully saturated rings. The molecule has 0 aliphatic rings. The molecule has 1 atom stereocenters. The van der Waals surface area contributed by atoms with E-state index in [1.54, 1.807) is 12.1 Å². The molecule has 84 valence electrons. The summed E-state index contributed by atoms with van der Waals surface area (Å²) in [7, 11) is 1.49. The first-order valence-electron chi connectivity index (χ1n) is 4.38. The van der Waals surface area contributed by atoms with Gasteiger partial charge in [-0.25, -0.2) is 0 Å². The second-order valence-electron chi connectivity index (χ2n) is 3.20. The summed E-state index contributed by atoms with van der Waals surface area (Å²) in [5.74, 6) is 0.595. The standard InChI is InChI=1S/C10H12F3NO/c1-15-8-4-2-7(3-5-8)9(14)6-10(11,12)13/h2-5,9H,6,14H2,1H3/t9-/m1/s1. The predicted octanol–water partition coefficient (Wildman–Crippen LogP) is 2.65. The molecule has 2 nitrogen and oxygen atoms in total. The Morgan fingerprint density at radius 1 is 1.27 bits per heavy atom. The molecular formula is C10H12F3NO. The minimum atomic E-state index is -4.24. The van der Waals surface area contributed by atoms with Gasteiger partial charge >= 0.3 is 6.18 Å². The SMILES string of the molecule is COc1ccc([C@H](N)CC(F)(F)F)cc1. The lowest BCUT2D eigenvalue weighted by Gasteiger charge is -2.14. The molecule has 0 heterocycles. The van der Waals surface area contributed by atoms with E-state index in [0.717, 1.165) is 0 Å². The molecule has 0 aliphatic carbocycles. The third-order valence-electron chi connectivity index (χ3n) is 2.00. The summed E-state index contributed by atoms with van der Waals surface area (Å²) in [6.07, 6.45) is -5.25. The van der Waals surface area contributed by atoms with Crippen LogP contribution in [0.2, 0.25) is 0 Å². The quantitative estimate of drug-likeness (QED) is 0.848. The molecule has 0 bridgehead atoms. The van der Waals surface area contributed by atoms with Crippen LogP contribution in [-0.2, 0) is 0 Å². The number of hydrogen-bond acceptors (Lipinski definition) is 2. The van der Waals surface area contributed by atoms with Gasteiger partial charge in [-0.3, -0.25) is 0 Å². The van der Waals surface area contributed by atoms with E-state index in [4.69, 9.17) is 10.5 Å². The number of alkyl halides is 3. The van der Waals surface area contributed by atoms with Crippen LogP contribution >= 0.6 is 0 Å². The van der Waals surface area contributed by atoms with E-state index in [1.165, 1.54) is 19.2 Å². The molecule has 1 aromatic rings. The number of methoxy groups -OCH3 is 1. The van der Waals surface area contributed by atoms with E-state index in [0.29, 0.717) is 11.3 Å². The molecule has 0 amide bonds. The fourth-order valence-electron chi connectivity index (χ4n) is 1.22. The molecule has 1 aromatic carbocycles. The van der Waals surface area contributed by atoms with Gasteiger partial charge in [-0.2, -0.15) is 13.2 Å². The normalized spacial score (nSPS) is 13.7. The number of ether oxygens (including phenoxy) is 1. The zero-order valence-corrected chi connectivity index (χ0v) is 8.21. The summed E-state index contributed by atoms with van der Waals surface area (Å²) >= 11 is 0. The monoisotopic (exact) mass is 219 g/mol. The number of hydrogen-bond donors (Lipinski definition) is 1. The van der Waals surface area contributed by atoms with Gasteiger partial charge in [0.15, 0.2) is 0 Å². The van der Waals surface area contributed by atoms with E-state index in [-0.39, 0.29) is 0 Å². The highest BCUT2D eigenvalue weighted by molar-refractivity contribution is 5.28. The zero-order chi connectivity index (χ0) is 11.5. The van der Waals surface area contributed by atoms with Crippen LogP contribution in [0.4, 0.5) is 13.2 Å². The van der Waals surface area contributed by atoms with E-state index in [2.05, 4.69) is 0 Å². The van der Waals surface area contributed by atoms with Crippen LogP contribution in [0, 0.1) is 0 Å². The average molecular weight is 219 g/mol. The van der Waals surface area contributed by atoms with Gasteiger partial charge in [0, 0.05) is 6.04 Å². The van der Waals surface area contributed by atoms with Crippen molar-refractivity contribution in [2.45, 2.75) is 18.6 Å². The van der Waals surface area contributed by atoms with Crippen molar-refractivity contribution in [3.8, 4) is 5.75 Å². The van der Waals surface area contributed by atoms with E-state index >= 15 is 0 Å². The van der Waals surface area contributed by atoms with Crippen LogP contribution in [0.5, 0.6) is 5.75 Å². The molecule has 0 saturated carbocycles. The molecule has 0 spiro atoms. The van der Waals surface area contributed by atoms with Crippen molar-refractivity contribution in [3.63, 3.8) is 0 Å². The van der Waals surface area contributed by atoms with Gasteiger partial charge in [0.1, 0.15) is 5.75 Å². The highest BCUT2D eigenvalue weighted by Crippen LogP contribution is 2.28. The fourth-order valence-corrected chi connectivity index (χ4v) is 1.22. The van der Waals surface area contributed by atoms with Crippen molar-refractivity contribution in [3.05, 3.63) is 29.8 Å². The second kappa shape index (κ2) is 4.53. The van der Waals surface area contributed by atoms with Gasteiger partial charge < -0.3 is 10.5 Å². The molecule has 0 saturated heterocycles. The molecule has 0 aliphatic heterocycles. The van der Waals surface area contributed by atoms with Gasteiger partial charge in [-0.1, -0.05) is 12.1 Å². The second-order valence-corrected chi connectivity index (χ2v) is 3.20. The summed E-state index contributed by atoms with van der Waals surface area (Å²) in [6, 6.07) is 5.23. The number of nitrogens with two attached hydrogens (primary N) is 1. The Kier molecular flexibility index (Phi) is 3.57. The van der Waals surface area contributed by atoms with E-state index in [9.17, 15) is 13.2 Å². The number of benzene rings is 1. The summed E-state index contributed by atoms with van der Waals surface area (Å²) < 4.78 is 41.0. The maximum absolute atomic E-state index is 12.0. The van der Waals surface area contributed by atoms with Crippen LogP contribution in [0.15, 0.2) is 24.3 Å². The predicted molar refractivity (Wildman–Crippen MR) is 50.6 cm³/mol. The van der Waals surface area contributed by atoms with Crippen molar-refractivity contribution in [2.75, 3.05) is 7.11 Å². The summed E-state index contributed by atoms with van der Waals surface area (Å²) in [5, 5.41) is 0.